The third-order valence-electron chi connectivity index (χ3n) is 7.72. The van der Waals surface area contributed by atoms with Gasteiger partial charge in [0.2, 0.25) is 0 Å². The van der Waals surface area contributed by atoms with Crippen molar-refractivity contribution in [2.45, 2.75) is 57.4 Å². The van der Waals surface area contributed by atoms with E-state index in [1.807, 2.05) is 0 Å². The number of carbonyl (C=O) groups is 4. The highest BCUT2D eigenvalue weighted by Gasteiger charge is 2.33. The smallest absolute Gasteiger partial charge is 0.346 e. The predicted molar refractivity (Wildman–Crippen MR) is 153 cm³/mol. The molecule has 2 fully saturated rings. The topological polar surface area (TPSA) is 151 Å². The second-order valence-electron chi connectivity index (χ2n) is 10.4. The molecule has 2 aromatic rings. The summed E-state index contributed by atoms with van der Waals surface area (Å²) < 4.78 is 4.90. The van der Waals surface area contributed by atoms with Crippen LogP contribution >= 0.6 is 23.2 Å². The van der Waals surface area contributed by atoms with Gasteiger partial charge < -0.3 is 20.3 Å². The number of rotatable bonds is 8. The summed E-state index contributed by atoms with van der Waals surface area (Å²) in [5.41, 5.74) is -0.477. The second kappa shape index (κ2) is 14.0. The molecule has 11 nitrogen and oxygen atoms in total. The van der Waals surface area contributed by atoms with E-state index in [1.165, 1.54) is 31.9 Å². The maximum Gasteiger partial charge on any atom is 0.346 e. The van der Waals surface area contributed by atoms with Gasteiger partial charge >= 0.3 is 17.7 Å². The number of carbonyl (C=O) groups excluding carboxylic acids is 4. The summed E-state index contributed by atoms with van der Waals surface area (Å²) in [4.78, 5) is 71.3. The number of nitrogens with one attached hydrogen (secondary N) is 3. The van der Waals surface area contributed by atoms with Crippen LogP contribution in [0.15, 0.2) is 29.2 Å². The van der Waals surface area contributed by atoms with E-state index >= 15 is 0 Å². The van der Waals surface area contributed by atoms with Gasteiger partial charge in [0.1, 0.15) is 17.6 Å². The minimum atomic E-state index is -1.15. The number of esters is 1. The summed E-state index contributed by atoms with van der Waals surface area (Å²) in [5, 5.41) is 5.47. The Kier molecular flexibility index (Phi) is 10.4. The number of methoxy groups -OCH3 is 1. The quantitative estimate of drug-likeness (QED) is 0.385. The van der Waals surface area contributed by atoms with Gasteiger partial charge in [0.25, 0.3) is 5.91 Å². The van der Waals surface area contributed by atoms with Crippen LogP contribution in [0.2, 0.25) is 10.0 Å². The number of urea groups is 1. The lowest BCUT2D eigenvalue weighted by atomic mass is 9.79. The summed E-state index contributed by atoms with van der Waals surface area (Å²) in [6.45, 7) is 0.784. The minimum Gasteiger partial charge on any atom is -0.467 e. The van der Waals surface area contributed by atoms with E-state index in [4.69, 9.17) is 27.9 Å². The molecule has 1 unspecified atom stereocenters. The molecule has 3 N–H and O–H groups in total. The molecule has 13 heteroatoms. The number of aromatic nitrogens is 2. The van der Waals surface area contributed by atoms with Crippen molar-refractivity contribution in [3.05, 3.63) is 56.1 Å². The Hall–Kier alpha value is -3.44. The lowest BCUT2D eigenvalue weighted by molar-refractivity contribution is -0.142. The first-order chi connectivity index (χ1) is 19.7. The number of Topliss-reactive ketones (excluding diaryl/α,β-unsaturated/α-hetero) is 1. The van der Waals surface area contributed by atoms with Crippen LogP contribution in [0.5, 0.6) is 0 Å². The largest absolute Gasteiger partial charge is 0.467 e. The number of amides is 3. The number of nitrogens with zero attached hydrogens (tertiary/aromatic N) is 2. The van der Waals surface area contributed by atoms with Gasteiger partial charge in [0, 0.05) is 43.1 Å². The van der Waals surface area contributed by atoms with Crippen LogP contribution in [0.3, 0.4) is 0 Å². The van der Waals surface area contributed by atoms with Gasteiger partial charge in [-0.25, -0.2) is 19.4 Å². The van der Waals surface area contributed by atoms with E-state index in [0.717, 1.165) is 25.7 Å². The highest BCUT2D eigenvalue weighted by molar-refractivity contribution is 6.40. The van der Waals surface area contributed by atoms with Crippen LogP contribution in [0, 0.1) is 11.8 Å². The third kappa shape index (κ3) is 7.65. The van der Waals surface area contributed by atoms with Crippen molar-refractivity contribution in [1.29, 1.82) is 0 Å². The average Bonchev–Trinajstić information content (AvgIpc) is 2.97. The molecule has 1 aliphatic carbocycles. The number of piperidine rings is 1. The van der Waals surface area contributed by atoms with Crippen LogP contribution in [-0.4, -0.2) is 64.8 Å². The highest BCUT2D eigenvalue weighted by atomic mass is 35.5. The molecule has 0 spiro atoms. The molecule has 1 saturated carbocycles. The first-order valence-electron chi connectivity index (χ1n) is 13.7. The molecular formula is C28H33Cl2N5O6. The van der Waals surface area contributed by atoms with Crippen molar-refractivity contribution in [1.82, 2.24) is 20.2 Å². The first kappa shape index (κ1) is 30.5. The molecule has 3 amide bonds. The molecule has 1 aromatic carbocycles. The Bertz CT molecular complexity index is 1330. The Morgan fingerprint density at radius 2 is 1.68 bits per heavy atom. The molecule has 0 radical (unpaired) electrons. The first-order valence-corrected chi connectivity index (χ1v) is 14.4. The Morgan fingerprint density at radius 1 is 1.05 bits per heavy atom. The van der Waals surface area contributed by atoms with Gasteiger partial charge in [-0.2, -0.15) is 0 Å². The molecule has 1 aliphatic heterocycles. The number of benzene rings is 1. The van der Waals surface area contributed by atoms with Crippen molar-refractivity contribution in [2.75, 3.05) is 25.5 Å². The maximum atomic E-state index is 13.1. The van der Waals surface area contributed by atoms with Crippen LogP contribution in [0.4, 0.5) is 10.6 Å². The molecule has 2 heterocycles. The Morgan fingerprint density at radius 3 is 2.32 bits per heavy atom. The van der Waals surface area contributed by atoms with Crippen LogP contribution < -0.4 is 16.3 Å². The standard InChI is InChI=1S/C28H33Cl2N5O6/c1-41-26(38)21(32-28(40)35-12-10-17(11-13-35)23(36)16-6-3-2-4-7-16)14-18-15-31-27(39)34-24(18)33-25(37)22-19(29)8-5-9-20(22)30/h5,8-9,15-17,21H,2-4,6-7,10-14H2,1H3,(H,32,40)(H2,31,33,34,37,39). The van der Waals surface area contributed by atoms with Gasteiger partial charge in [-0.1, -0.05) is 48.5 Å². The van der Waals surface area contributed by atoms with E-state index in [0.29, 0.717) is 31.7 Å². The molecule has 220 valence electrons. The summed E-state index contributed by atoms with van der Waals surface area (Å²) in [6, 6.07) is 2.95. The van der Waals surface area contributed by atoms with Gasteiger partial charge in [0.15, 0.2) is 0 Å². The number of likely N-dealkylation sites (tertiary alicyclic amines) is 1. The maximum absolute atomic E-state index is 13.1. The number of hydrogen-bond donors (Lipinski definition) is 3. The average molecular weight is 607 g/mol. The lowest BCUT2D eigenvalue weighted by Gasteiger charge is -2.34. The highest BCUT2D eigenvalue weighted by Crippen LogP contribution is 2.30. The molecule has 4 rings (SSSR count). The van der Waals surface area contributed by atoms with Gasteiger partial charge in [-0.05, 0) is 37.8 Å². The van der Waals surface area contributed by atoms with Crippen LogP contribution in [0.1, 0.15) is 60.9 Å². The number of ketones is 1. The van der Waals surface area contributed by atoms with E-state index < -0.39 is 29.6 Å². The molecule has 0 bridgehead atoms. The van der Waals surface area contributed by atoms with E-state index in [2.05, 4.69) is 20.6 Å². The second-order valence-corrected chi connectivity index (χ2v) is 11.2. The van der Waals surface area contributed by atoms with Gasteiger partial charge in [0.05, 0.1) is 22.7 Å². The van der Waals surface area contributed by atoms with Crippen molar-refractivity contribution in [2.24, 2.45) is 11.8 Å². The summed E-state index contributed by atoms with van der Waals surface area (Å²) in [6.07, 6.45) is 7.49. The predicted octanol–water partition coefficient (Wildman–Crippen LogP) is 3.98. The number of aromatic amines is 1. The van der Waals surface area contributed by atoms with Crippen molar-refractivity contribution in [3.63, 3.8) is 0 Å². The lowest BCUT2D eigenvalue weighted by Crippen LogP contribution is -2.52. The number of halogens is 2. The number of H-pyrrole nitrogens is 1. The van der Waals surface area contributed by atoms with E-state index in [9.17, 15) is 24.0 Å². The zero-order chi connectivity index (χ0) is 29.5. The summed E-state index contributed by atoms with van der Waals surface area (Å²) in [5.74, 6) is -1.05. The zero-order valence-electron chi connectivity index (χ0n) is 22.7. The van der Waals surface area contributed by atoms with Gasteiger partial charge in [-0.3, -0.25) is 14.6 Å². The molecule has 1 atom stereocenters. The summed E-state index contributed by atoms with van der Waals surface area (Å²) >= 11 is 12.3. The zero-order valence-corrected chi connectivity index (χ0v) is 24.2. The number of ether oxygens (including phenoxy) is 1. The third-order valence-corrected chi connectivity index (χ3v) is 8.35. The monoisotopic (exact) mass is 605 g/mol. The normalized spacial score (nSPS) is 17.0. The van der Waals surface area contributed by atoms with Crippen LogP contribution in [-0.2, 0) is 20.7 Å². The summed E-state index contributed by atoms with van der Waals surface area (Å²) in [7, 11) is 1.19. The molecule has 2 aliphatic rings. The van der Waals surface area contributed by atoms with Crippen LogP contribution in [0.25, 0.3) is 0 Å². The number of anilines is 1. The molecule has 1 aromatic heterocycles. The fourth-order valence-electron chi connectivity index (χ4n) is 5.46. The molecule has 1 saturated heterocycles. The van der Waals surface area contributed by atoms with E-state index in [-0.39, 0.29) is 45.2 Å². The van der Waals surface area contributed by atoms with Crippen molar-refractivity contribution in [3.8, 4) is 0 Å². The SMILES string of the molecule is COC(=O)C(Cc1cnc(=O)[nH]c1NC(=O)c1c(Cl)cccc1Cl)NC(=O)N1CCC(C(=O)C2CCCCC2)CC1. The fourth-order valence-corrected chi connectivity index (χ4v) is 6.03. The molecular weight excluding hydrogens is 573 g/mol. The van der Waals surface area contributed by atoms with Crippen molar-refractivity contribution < 1.29 is 23.9 Å². The Balaban J connectivity index is 1.43. The Labute approximate surface area is 247 Å². The van der Waals surface area contributed by atoms with Gasteiger partial charge in [-0.15, -0.1) is 0 Å². The van der Waals surface area contributed by atoms with Crippen molar-refractivity contribution >= 4 is 52.7 Å². The van der Waals surface area contributed by atoms with E-state index in [1.54, 1.807) is 11.0 Å². The minimum absolute atomic E-state index is 0.00244. The fraction of sp³-hybridized carbons (Fsp3) is 0.500. The number of hydrogen-bond acceptors (Lipinski definition) is 7. The molecule has 41 heavy (non-hydrogen) atoms.